The molecular formula is C21H20F2N4O4S. The number of hydrogen-bond acceptors (Lipinski definition) is 6. The van der Waals surface area contributed by atoms with Gasteiger partial charge in [0.25, 0.3) is 10.0 Å². The van der Waals surface area contributed by atoms with E-state index in [-0.39, 0.29) is 27.7 Å². The third-order valence-corrected chi connectivity index (χ3v) is 6.84. The van der Waals surface area contributed by atoms with Crippen molar-refractivity contribution < 1.29 is 26.7 Å². The summed E-state index contributed by atoms with van der Waals surface area (Å²) in [5.41, 5.74) is -0.408. The molecule has 0 aliphatic carbocycles. The molecule has 2 aromatic carbocycles. The Kier molecular flexibility index (Phi) is 5.20. The number of hydrogen-bond donors (Lipinski definition) is 1. The van der Waals surface area contributed by atoms with E-state index < -0.39 is 21.7 Å². The molecule has 32 heavy (non-hydrogen) atoms. The normalized spacial score (nSPS) is 15.7. The molecule has 8 nitrogen and oxygen atoms in total. The van der Waals surface area contributed by atoms with Crippen LogP contribution in [0.15, 0.2) is 35.2 Å². The summed E-state index contributed by atoms with van der Waals surface area (Å²) in [5.74, 6) is -0.186. The van der Waals surface area contributed by atoms with Gasteiger partial charge >= 0.3 is 0 Å². The molecule has 0 fully saturated rings. The maximum absolute atomic E-state index is 14.7. The molecule has 0 radical (unpaired) electrons. The first-order valence-corrected chi connectivity index (χ1v) is 11.7. The number of nitrogens with zero attached hydrogens (tertiary/aromatic N) is 3. The Labute approximate surface area is 183 Å². The highest BCUT2D eigenvalue weighted by molar-refractivity contribution is 7.92. The van der Waals surface area contributed by atoms with E-state index in [0.717, 1.165) is 37.6 Å². The predicted octanol–water partition coefficient (Wildman–Crippen LogP) is 3.52. The number of aromatic nitrogens is 3. The Balaban J connectivity index is 1.50. The van der Waals surface area contributed by atoms with Gasteiger partial charge in [-0.15, -0.1) is 10.2 Å². The van der Waals surface area contributed by atoms with E-state index in [4.69, 9.17) is 9.47 Å². The molecule has 0 unspecified atom stereocenters. The summed E-state index contributed by atoms with van der Waals surface area (Å²) in [6.07, 6.45) is 3.60. The largest absolute Gasteiger partial charge is 0.486 e. The molecule has 2 aliphatic heterocycles. The van der Waals surface area contributed by atoms with Crippen molar-refractivity contribution in [1.82, 2.24) is 14.8 Å². The van der Waals surface area contributed by atoms with Gasteiger partial charge in [0.05, 0.1) is 16.1 Å². The van der Waals surface area contributed by atoms with Crippen LogP contribution in [-0.4, -0.2) is 36.4 Å². The first kappa shape index (κ1) is 20.7. The number of benzene rings is 2. The van der Waals surface area contributed by atoms with Gasteiger partial charge in [0.1, 0.15) is 30.7 Å². The summed E-state index contributed by atoms with van der Waals surface area (Å²) in [6, 6.07) is 5.87. The summed E-state index contributed by atoms with van der Waals surface area (Å²) in [4.78, 5) is -0.136. The van der Waals surface area contributed by atoms with Gasteiger partial charge in [-0.3, -0.25) is 4.72 Å². The van der Waals surface area contributed by atoms with Crippen molar-refractivity contribution in [3.63, 3.8) is 0 Å². The van der Waals surface area contributed by atoms with Crippen LogP contribution in [0.5, 0.6) is 11.5 Å². The van der Waals surface area contributed by atoms with E-state index in [1.807, 2.05) is 4.57 Å². The topological polar surface area (TPSA) is 95.3 Å². The summed E-state index contributed by atoms with van der Waals surface area (Å²) in [5, 5.41) is 8.22. The number of fused-ring (bicyclic) bond motifs is 2. The lowest BCUT2D eigenvalue weighted by molar-refractivity contribution is 0.171. The second-order valence-electron chi connectivity index (χ2n) is 7.62. The minimum atomic E-state index is -4.18. The lowest BCUT2D eigenvalue weighted by Gasteiger charge is -2.19. The molecule has 11 heteroatoms. The maximum atomic E-state index is 14.7. The molecule has 3 heterocycles. The van der Waals surface area contributed by atoms with Crippen LogP contribution in [0.4, 0.5) is 14.5 Å². The highest BCUT2D eigenvalue weighted by Crippen LogP contribution is 2.34. The molecule has 0 saturated carbocycles. The minimum absolute atomic E-state index is 0.0214. The Bertz CT molecular complexity index is 1290. The smallest absolute Gasteiger partial charge is 0.262 e. The van der Waals surface area contributed by atoms with Crippen molar-refractivity contribution in [2.24, 2.45) is 0 Å². The van der Waals surface area contributed by atoms with E-state index in [9.17, 15) is 17.2 Å². The molecule has 0 atom stereocenters. The fourth-order valence-corrected chi connectivity index (χ4v) is 4.95. The van der Waals surface area contributed by atoms with Crippen molar-refractivity contribution in [1.29, 1.82) is 0 Å². The van der Waals surface area contributed by atoms with Gasteiger partial charge in [-0.25, -0.2) is 17.2 Å². The average Bonchev–Trinajstić information content (AvgIpc) is 3.02. The number of aryl methyl sites for hydroxylation is 1. The van der Waals surface area contributed by atoms with Crippen molar-refractivity contribution in [3.05, 3.63) is 47.8 Å². The Morgan fingerprint density at radius 3 is 2.59 bits per heavy atom. The standard InChI is InChI=1S/C21H20F2N4O4S/c22-15-12-16(23)17(11-14(15)21-25-24-20-4-2-1-3-7-27(20)21)26-32(28,29)13-5-6-18-19(10-13)31-9-8-30-18/h5-6,10-12,26H,1-4,7-9H2. The van der Waals surface area contributed by atoms with Gasteiger partial charge in [-0.2, -0.15) is 0 Å². The van der Waals surface area contributed by atoms with Crippen molar-refractivity contribution in [2.45, 2.75) is 37.1 Å². The van der Waals surface area contributed by atoms with Crippen LogP contribution in [0.3, 0.4) is 0 Å². The zero-order chi connectivity index (χ0) is 22.3. The van der Waals surface area contributed by atoms with Crippen LogP contribution in [0.25, 0.3) is 11.4 Å². The van der Waals surface area contributed by atoms with Gasteiger partial charge in [0.15, 0.2) is 17.3 Å². The Morgan fingerprint density at radius 2 is 1.75 bits per heavy atom. The van der Waals surface area contributed by atoms with Gasteiger partial charge in [-0.05, 0) is 31.0 Å². The molecule has 0 bridgehead atoms. The second kappa shape index (κ2) is 8.05. The maximum Gasteiger partial charge on any atom is 0.262 e. The van der Waals surface area contributed by atoms with Gasteiger partial charge < -0.3 is 14.0 Å². The summed E-state index contributed by atoms with van der Waals surface area (Å²) < 4.78 is 69.9. The van der Waals surface area contributed by atoms with Crippen molar-refractivity contribution in [2.75, 3.05) is 17.9 Å². The molecule has 0 amide bonds. The molecule has 0 saturated heterocycles. The molecule has 168 valence electrons. The fraction of sp³-hybridized carbons (Fsp3) is 0.333. The van der Waals surface area contributed by atoms with Crippen LogP contribution < -0.4 is 14.2 Å². The van der Waals surface area contributed by atoms with Crippen LogP contribution in [-0.2, 0) is 23.0 Å². The summed E-state index contributed by atoms with van der Waals surface area (Å²) in [6.45, 7) is 1.28. The predicted molar refractivity (Wildman–Crippen MR) is 111 cm³/mol. The monoisotopic (exact) mass is 462 g/mol. The van der Waals surface area contributed by atoms with E-state index in [1.165, 1.54) is 18.2 Å². The fourth-order valence-electron chi connectivity index (χ4n) is 3.88. The van der Waals surface area contributed by atoms with Crippen molar-refractivity contribution >= 4 is 15.7 Å². The molecule has 0 spiro atoms. The van der Waals surface area contributed by atoms with Crippen LogP contribution in [0, 0.1) is 11.6 Å². The molecule has 1 N–H and O–H groups in total. The second-order valence-corrected chi connectivity index (χ2v) is 9.31. The minimum Gasteiger partial charge on any atom is -0.486 e. The molecular weight excluding hydrogens is 442 g/mol. The van der Waals surface area contributed by atoms with E-state index in [1.54, 1.807) is 0 Å². The van der Waals surface area contributed by atoms with E-state index in [0.29, 0.717) is 31.6 Å². The van der Waals surface area contributed by atoms with Gasteiger partial charge in [-0.1, -0.05) is 6.42 Å². The van der Waals surface area contributed by atoms with E-state index >= 15 is 0 Å². The van der Waals surface area contributed by atoms with E-state index in [2.05, 4.69) is 14.9 Å². The molecule has 3 aromatic rings. The summed E-state index contributed by atoms with van der Waals surface area (Å²) >= 11 is 0. The highest BCUT2D eigenvalue weighted by atomic mass is 32.2. The van der Waals surface area contributed by atoms with Crippen molar-refractivity contribution in [3.8, 4) is 22.9 Å². The lowest BCUT2D eigenvalue weighted by Crippen LogP contribution is -2.18. The first-order chi connectivity index (χ1) is 15.4. The quantitative estimate of drug-likeness (QED) is 0.638. The highest BCUT2D eigenvalue weighted by Gasteiger charge is 2.24. The number of sulfonamides is 1. The molecule has 2 aliphatic rings. The number of rotatable bonds is 4. The Hall–Kier alpha value is -3.21. The van der Waals surface area contributed by atoms with Crippen LogP contribution in [0.1, 0.15) is 25.1 Å². The van der Waals surface area contributed by atoms with Crippen LogP contribution >= 0.6 is 0 Å². The van der Waals surface area contributed by atoms with Gasteiger partial charge in [0.2, 0.25) is 0 Å². The Morgan fingerprint density at radius 1 is 0.938 bits per heavy atom. The van der Waals surface area contributed by atoms with Crippen LogP contribution in [0.2, 0.25) is 0 Å². The summed E-state index contributed by atoms with van der Waals surface area (Å²) in [7, 11) is -4.18. The lowest BCUT2D eigenvalue weighted by atomic mass is 10.1. The molecule has 1 aromatic heterocycles. The zero-order valence-corrected chi connectivity index (χ0v) is 17.8. The third kappa shape index (κ3) is 3.77. The molecule has 5 rings (SSSR count). The number of anilines is 1. The number of nitrogens with one attached hydrogen (secondary N) is 1. The van der Waals surface area contributed by atoms with Gasteiger partial charge in [0, 0.05) is 25.1 Å². The number of halogens is 2. The zero-order valence-electron chi connectivity index (χ0n) is 17.0. The average molecular weight is 462 g/mol. The third-order valence-electron chi connectivity index (χ3n) is 5.48. The first-order valence-electron chi connectivity index (χ1n) is 10.3. The number of ether oxygens (including phenoxy) is 2. The SMILES string of the molecule is O=S(=O)(Nc1cc(-c2nnc3n2CCCCC3)c(F)cc1F)c1ccc2c(c1)OCCO2.